The van der Waals surface area contributed by atoms with E-state index in [0.29, 0.717) is 12.0 Å². The van der Waals surface area contributed by atoms with E-state index in [2.05, 4.69) is 10.2 Å². The number of carbonyl (C=O) groups excluding carboxylic acids is 1. The number of alkyl halides is 3. The number of rotatable bonds is 5. The summed E-state index contributed by atoms with van der Waals surface area (Å²) in [6.45, 7) is 0.280. The summed E-state index contributed by atoms with van der Waals surface area (Å²) in [6.07, 6.45) is -1.51. The van der Waals surface area contributed by atoms with Crippen LogP contribution in [0.25, 0.3) is 0 Å². The lowest BCUT2D eigenvalue weighted by Crippen LogP contribution is -2.09. The van der Waals surface area contributed by atoms with Crippen molar-refractivity contribution in [3.05, 3.63) is 53.3 Å². The molecule has 2 aromatic rings. The van der Waals surface area contributed by atoms with Gasteiger partial charge in [-0.05, 0) is 23.3 Å². The largest absolute Gasteiger partial charge is 0.459 e. The molecular weight excluding hydrogens is 273 g/mol. The zero-order valence-electron chi connectivity index (χ0n) is 10.2. The molecule has 0 bridgehead atoms. The summed E-state index contributed by atoms with van der Waals surface area (Å²) >= 11 is 0. The van der Waals surface area contributed by atoms with Gasteiger partial charge in [0.25, 0.3) is 6.47 Å². The molecule has 1 aromatic heterocycles. The second-order valence-corrected chi connectivity index (χ2v) is 4.15. The molecule has 0 saturated heterocycles. The van der Waals surface area contributed by atoms with Crippen molar-refractivity contribution in [1.29, 1.82) is 0 Å². The summed E-state index contributed by atoms with van der Waals surface area (Å²) in [5.74, 6) is 0. The van der Waals surface area contributed by atoms with E-state index in [-0.39, 0.29) is 6.47 Å². The number of hydrogen-bond donors (Lipinski definition) is 1. The maximum atomic E-state index is 12.5. The molecule has 0 aliphatic rings. The van der Waals surface area contributed by atoms with Crippen molar-refractivity contribution in [2.75, 3.05) is 0 Å². The van der Waals surface area contributed by atoms with Gasteiger partial charge in [0, 0.05) is 12.6 Å². The zero-order chi connectivity index (χ0) is 14.6. The summed E-state index contributed by atoms with van der Waals surface area (Å²) in [7, 11) is 0. The van der Waals surface area contributed by atoms with Crippen molar-refractivity contribution in [2.45, 2.75) is 18.7 Å². The second kappa shape index (κ2) is 5.77. The molecule has 0 aliphatic heterocycles. The number of hydrogen-bond acceptors (Lipinski definition) is 3. The summed E-state index contributed by atoms with van der Waals surface area (Å²) in [6, 6.07) is 4.53. The predicted octanol–water partition coefficient (Wildman–Crippen LogP) is 2.89. The van der Waals surface area contributed by atoms with Crippen molar-refractivity contribution in [3.63, 3.8) is 0 Å². The third-order valence-electron chi connectivity index (χ3n) is 2.81. The van der Waals surface area contributed by atoms with Crippen molar-refractivity contribution < 1.29 is 22.7 Å². The Balaban J connectivity index is 2.19. The van der Waals surface area contributed by atoms with Crippen LogP contribution in [0.5, 0.6) is 0 Å². The molecule has 0 saturated carbocycles. The Bertz CT molecular complexity index is 550. The number of H-pyrrole nitrogens is 1. The van der Waals surface area contributed by atoms with Crippen LogP contribution in [0.2, 0.25) is 0 Å². The highest BCUT2D eigenvalue weighted by molar-refractivity contribution is 5.39. The molecule has 4 nitrogen and oxygen atoms in total. The molecule has 1 heterocycles. The van der Waals surface area contributed by atoms with Crippen LogP contribution in [0.15, 0.2) is 36.7 Å². The SMILES string of the molecule is O=COC(Cc1cn[nH]c1)c1ccc(C(F)(F)F)cc1. The number of aromatic nitrogens is 2. The summed E-state index contributed by atoms with van der Waals surface area (Å²) < 4.78 is 42.3. The fraction of sp³-hybridized carbons (Fsp3) is 0.231. The Hall–Kier alpha value is -2.31. The number of aromatic amines is 1. The highest BCUT2D eigenvalue weighted by Gasteiger charge is 2.30. The van der Waals surface area contributed by atoms with E-state index < -0.39 is 17.8 Å². The topological polar surface area (TPSA) is 55.0 Å². The van der Waals surface area contributed by atoms with E-state index in [1.807, 2.05) is 0 Å². The van der Waals surface area contributed by atoms with Gasteiger partial charge < -0.3 is 4.74 Å². The van der Waals surface area contributed by atoms with Gasteiger partial charge in [-0.15, -0.1) is 0 Å². The van der Waals surface area contributed by atoms with E-state index in [1.165, 1.54) is 12.1 Å². The molecule has 0 aliphatic carbocycles. The van der Waals surface area contributed by atoms with E-state index in [0.717, 1.165) is 17.7 Å². The monoisotopic (exact) mass is 284 g/mol. The van der Waals surface area contributed by atoms with Crippen molar-refractivity contribution >= 4 is 6.47 Å². The number of benzene rings is 1. The average Bonchev–Trinajstić information content (AvgIpc) is 2.90. The van der Waals surface area contributed by atoms with Crippen LogP contribution >= 0.6 is 0 Å². The van der Waals surface area contributed by atoms with Crippen molar-refractivity contribution in [2.24, 2.45) is 0 Å². The Morgan fingerprint density at radius 3 is 2.50 bits per heavy atom. The first-order chi connectivity index (χ1) is 9.50. The number of nitrogens with one attached hydrogen (secondary N) is 1. The molecule has 106 valence electrons. The zero-order valence-corrected chi connectivity index (χ0v) is 10.2. The van der Waals surface area contributed by atoms with Gasteiger partial charge in [-0.2, -0.15) is 18.3 Å². The number of carbonyl (C=O) groups is 1. The average molecular weight is 284 g/mol. The van der Waals surface area contributed by atoms with Gasteiger partial charge in [0.15, 0.2) is 0 Å². The Morgan fingerprint density at radius 2 is 2.00 bits per heavy atom. The Morgan fingerprint density at radius 1 is 1.30 bits per heavy atom. The standard InChI is InChI=1S/C13H11F3N2O2/c14-13(15,16)11-3-1-10(2-4-11)12(20-8-19)5-9-6-17-18-7-9/h1-4,6-8,12H,5H2,(H,17,18). The Labute approximate surface area is 112 Å². The summed E-state index contributed by atoms with van der Waals surface area (Å²) in [5, 5.41) is 6.37. The highest BCUT2D eigenvalue weighted by Crippen LogP contribution is 2.30. The van der Waals surface area contributed by atoms with E-state index >= 15 is 0 Å². The maximum absolute atomic E-state index is 12.5. The van der Waals surface area contributed by atoms with Crippen LogP contribution in [-0.4, -0.2) is 16.7 Å². The molecule has 7 heteroatoms. The van der Waals surface area contributed by atoms with Gasteiger partial charge in [-0.25, -0.2) is 0 Å². The first-order valence-electron chi connectivity index (χ1n) is 5.74. The maximum Gasteiger partial charge on any atom is 0.416 e. The van der Waals surface area contributed by atoms with Gasteiger partial charge in [-0.3, -0.25) is 9.89 Å². The normalized spacial score (nSPS) is 12.9. The smallest absolute Gasteiger partial charge is 0.416 e. The number of ether oxygens (including phenoxy) is 1. The molecule has 1 N–H and O–H groups in total. The molecule has 0 fully saturated rings. The predicted molar refractivity (Wildman–Crippen MR) is 63.6 cm³/mol. The van der Waals surface area contributed by atoms with E-state index in [9.17, 15) is 18.0 Å². The minimum absolute atomic E-state index is 0.280. The van der Waals surface area contributed by atoms with Crippen molar-refractivity contribution in [1.82, 2.24) is 10.2 Å². The lowest BCUT2D eigenvalue weighted by Gasteiger charge is -2.15. The third kappa shape index (κ3) is 3.37. The van der Waals surface area contributed by atoms with Gasteiger partial charge in [0.05, 0.1) is 11.8 Å². The van der Waals surface area contributed by atoms with Crippen LogP contribution in [-0.2, 0) is 22.1 Å². The van der Waals surface area contributed by atoms with Gasteiger partial charge in [0.1, 0.15) is 6.10 Å². The fourth-order valence-electron chi connectivity index (χ4n) is 1.80. The van der Waals surface area contributed by atoms with Gasteiger partial charge in [0.2, 0.25) is 0 Å². The summed E-state index contributed by atoms with van der Waals surface area (Å²) in [4.78, 5) is 10.5. The van der Waals surface area contributed by atoms with E-state index in [1.54, 1.807) is 12.4 Å². The lowest BCUT2D eigenvalue weighted by atomic mass is 10.0. The molecular formula is C13H11F3N2O2. The number of nitrogens with zero attached hydrogens (tertiary/aromatic N) is 1. The molecule has 0 spiro atoms. The first kappa shape index (κ1) is 14.1. The van der Waals surface area contributed by atoms with Crippen LogP contribution in [0, 0.1) is 0 Å². The van der Waals surface area contributed by atoms with Crippen LogP contribution in [0.3, 0.4) is 0 Å². The minimum Gasteiger partial charge on any atom is -0.459 e. The molecule has 1 aromatic carbocycles. The van der Waals surface area contributed by atoms with Crippen LogP contribution in [0.1, 0.15) is 22.8 Å². The van der Waals surface area contributed by atoms with Gasteiger partial charge >= 0.3 is 6.18 Å². The molecule has 0 amide bonds. The number of halogens is 3. The highest BCUT2D eigenvalue weighted by atomic mass is 19.4. The lowest BCUT2D eigenvalue weighted by molar-refractivity contribution is -0.138. The molecule has 1 atom stereocenters. The van der Waals surface area contributed by atoms with Crippen LogP contribution < -0.4 is 0 Å². The second-order valence-electron chi connectivity index (χ2n) is 4.15. The first-order valence-corrected chi connectivity index (χ1v) is 5.74. The molecule has 20 heavy (non-hydrogen) atoms. The fourth-order valence-corrected chi connectivity index (χ4v) is 1.80. The third-order valence-corrected chi connectivity index (χ3v) is 2.81. The van der Waals surface area contributed by atoms with Crippen LogP contribution in [0.4, 0.5) is 13.2 Å². The molecule has 1 unspecified atom stereocenters. The quantitative estimate of drug-likeness (QED) is 0.859. The van der Waals surface area contributed by atoms with Gasteiger partial charge in [-0.1, -0.05) is 12.1 Å². The Kier molecular flexibility index (Phi) is 4.07. The minimum atomic E-state index is -4.38. The van der Waals surface area contributed by atoms with Crippen molar-refractivity contribution in [3.8, 4) is 0 Å². The van der Waals surface area contributed by atoms with E-state index in [4.69, 9.17) is 4.74 Å². The molecule has 0 radical (unpaired) electrons. The molecule has 2 rings (SSSR count). The summed E-state index contributed by atoms with van der Waals surface area (Å²) in [5.41, 5.74) is 0.539.